The molecule has 0 bridgehead atoms. The second-order valence-corrected chi connectivity index (χ2v) is 6.22. The van der Waals surface area contributed by atoms with Crippen molar-refractivity contribution in [2.75, 3.05) is 18.6 Å². The molecule has 1 saturated carbocycles. The summed E-state index contributed by atoms with van der Waals surface area (Å²) in [7, 11) is 1.54. The van der Waals surface area contributed by atoms with Gasteiger partial charge in [0.2, 0.25) is 5.95 Å². The van der Waals surface area contributed by atoms with Gasteiger partial charge in [-0.05, 0) is 31.7 Å². The minimum atomic E-state index is -0.0344. The van der Waals surface area contributed by atoms with Crippen molar-refractivity contribution in [2.24, 2.45) is 0 Å². The number of hydrogen-bond donors (Lipinski definition) is 2. The van der Waals surface area contributed by atoms with Crippen LogP contribution in [0.3, 0.4) is 0 Å². The van der Waals surface area contributed by atoms with Gasteiger partial charge in [-0.1, -0.05) is 11.6 Å². The van der Waals surface area contributed by atoms with Crippen molar-refractivity contribution < 1.29 is 9.47 Å². The van der Waals surface area contributed by atoms with Crippen LogP contribution in [0.25, 0.3) is 11.3 Å². The van der Waals surface area contributed by atoms with Crippen LogP contribution in [-0.2, 0) is 0 Å². The first-order valence-electron chi connectivity index (χ1n) is 7.91. The van der Waals surface area contributed by atoms with Gasteiger partial charge < -0.3 is 20.9 Å². The monoisotopic (exact) mass is 359 g/mol. The molecule has 0 spiro atoms. The van der Waals surface area contributed by atoms with Crippen LogP contribution in [0.5, 0.6) is 11.5 Å². The Bertz CT molecular complexity index is 844. The molecule has 0 saturated heterocycles. The number of halogens is 1. The molecular formula is C17H18ClN5O2. The molecule has 1 aliphatic carbocycles. The molecule has 1 fully saturated rings. The van der Waals surface area contributed by atoms with Crippen LogP contribution in [-0.4, -0.2) is 23.2 Å². The van der Waals surface area contributed by atoms with Crippen molar-refractivity contribution in [1.29, 1.82) is 5.26 Å². The highest BCUT2D eigenvalue weighted by Gasteiger charge is 2.22. The van der Waals surface area contributed by atoms with E-state index in [0.717, 1.165) is 25.7 Å². The Balaban J connectivity index is 2.08. The van der Waals surface area contributed by atoms with Crippen molar-refractivity contribution in [3.63, 3.8) is 0 Å². The van der Waals surface area contributed by atoms with Crippen LogP contribution in [0, 0.1) is 11.3 Å². The Hall–Kier alpha value is -2.72. The topological polar surface area (TPSA) is 120 Å². The average molecular weight is 360 g/mol. The highest BCUT2D eigenvalue weighted by Crippen LogP contribution is 2.41. The maximum Gasteiger partial charge on any atom is 0.222 e. The fourth-order valence-corrected chi connectivity index (χ4v) is 3.20. The van der Waals surface area contributed by atoms with E-state index in [1.165, 1.54) is 0 Å². The quantitative estimate of drug-likeness (QED) is 0.859. The molecule has 1 aromatic carbocycles. The van der Waals surface area contributed by atoms with E-state index in [0.29, 0.717) is 22.1 Å². The molecule has 0 atom stereocenters. The second-order valence-electron chi connectivity index (χ2n) is 5.81. The van der Waals surface area contributed by atoms with E-state index in [4.69, 9.17) is 32.5 Å². The second kappa shape index (κ2) is 7.03. The number of ether oxygens (including phenoxy) is 2. The van der Waals surface area contributed by atoms with E-state index in [1.807, 2.05) is 6.07 Å². The first-order chi connectivity index (χ1) is 12.0. The van der Waals surface area contributed by atoms with Gasteiger partial charge >= 0.3 is 0 Å². The molecule has 4 N–H and O–H groups in total. The number of nitrogens with two attached hydrogens (primary N) is 2. The van der Waals surface area contributed by atoms with E-state index in [2.05, 4.69) is 9.97 Å². The third kappa shape index (κ3) is 3.39. The van der Waals surface area contributed by atoms with Crippen molar-refractivity contribution in [1.82, 2.24) is 9.97 Å². The predicted molar refractivity (Wildman–Crippen MR) is 95.5 cm³/mol. The average Bonchev–Trinajstić information content (AvgIpc) is 3.07. The van der Waals surface area contributed by atoms with Crippen LogP contribution < -0.4 is 20.9 Å². The lowest BCUT2D eigenvalue weighted by molar-refractivity contribution is 0.201. The van der Waals surface area contributed by atoms with Crippen LogP contribution >= 0.6 is 11.6 Å². The molecule has 0 unspecified atom stereocenters. The molecule has 0 aliphatic heterocycles. The molecule has 7 nitrogen and oxygen atoms in total. The summed E-state index contributed by atoms with van der Waals surface area (Å²) in [5.74, 6) is 1.04. The standard InChI is InChI=1S/C17H18ClN5O2/c1-24-13-6-10(15-11(8-19)16(20)23-17(21)22-15)12(18)7-14(13)25-9-4-2-3-5-9/h6-7,9H,2-5H2,1H3,(H4,20,21,22,23). The molecule has 0 radical (unpaired) electrons. The third-order valence-corrected chi connectivity index (χ3v) is 4.48. The Morgan fingerprint density at radius 3 is 2.56 bits per heavy atom. The minimum absolute atomic E-state index is 0.00585. The number of hydrogen-bond acceptors (Lipinski definition) is 7. The van der Waals surface area contributed by atoms with Gasteiger partial charge in [0.25, 0.3) is 0 Å². The molecule has 1 aliphatic rings. The first-order valence-corrected chi connectivity index (χ1v) is 8.29. The van der Waals surface area contributed by atoms with Gasteiger partial charge in [-0.25, -0.2) is 4.98 Å². The van der Waals surface area contributed by atoms with Gasteiger partial charge in [0.15, 0.2) is 11.5 Å². The van der Waals surface area contributed by atoms with Crippen molar-refractivity contribution in [2.45, 2.75) is 31.8 Å². The lowest BCUT2D eigenvalue weighted by atomic mass is 10.1. The number of benzene rings is 1. The summed E-state index contributed by atoms with van der Waals surface area (Å²) in [5, 5.41) is 9.73. The minimum Gasteiger partial charge on any atom is -0.493 e. The van der Waals surface area contributed by atoms with Gasteiger partial charge in [-0.2, -0.15) is 10.2 Å². The summed E-state index contributed by atoms with van der Waals surface area (Å²) in [4.78, 5) is 7.94. The molecule has 1 aromatic heterocycles. The summed E-state index contributed by atoms with van der Waals surface area (Å²) in [6.07, 6.45) is 4.50. The number of rotatable bonds is 4. The number of nitrogen functional groups attached to an aromatic ring is 2. The van der Waals surface area contributed by atoms with Crippen molar-refractivity contribution in [3.8, 4) is 28.8 Å². The summed E-state index contributed by atoms with van der Waals surface area (Å²) < 4.78 is 11.5. The number of nitriles is 1. The number of nitrogens with zero attached hydrogens (tertiary/aromatic N) is 3. The first kappa shape index (κ1) is 17.1. The lowest BCUT2D eigenvalue weighted by Crippen LogP contribution is -2.11. The zero-order chi connectivity index (χ0) is 18.0. The molecule has 0 amide bonds. The van der Waals surface area contributed by atoms with E-state index < -0.39 is 0 Å². The third-order valence-electron chi connectivity index (χ3n) is 4.17. The molecule has 1 heterocycles. The van der Waals surface area contributed by atoms with E-state index in [9.17, 15) is 5.26 Å². The Morgan fingerprint density at radius 1 is 1.20 bits per heavy atom. The van der Waals surface area contributed by atoms with E-state index in [1.54, 1.807) is 19.2 Å². The molecule has 2 aromatic rings. The Morgan fingerprint density at radius 2 is 1.92 bits per heavy atom. The predicted octanol–water partition coefficient (Wildman–Crippen LogP) is 3.16. The summed E-state index contributed by atoms with van der Waals surface area (Å²) >= 11 is 6.42. The zero-order valence-corrected chi connectivity index (χ0v) is 14.5. The Kier molecular flexibility index (Phi) is 4.81. The zero-order valence-electron chi connectivity index (χ0n) is 13.8. The normalized spacial score (nSPS) is 14.3. The van der Waals surface area contributed by atoms with Crippen LogP contribution in [0.4, 0.5) is 11.8 Å². The smallest absolute Gasteiger partial charge is 0.222 e. The van der Waals surface area contributed by atoms with Crippen molar-refractivity contribution >= 4 is 23.4 Å². The summed E-state index contributed by atoms with van der Waals surface area (Å²) in [5.41, 5.74) is 12.3. The lowest BCUT2D eigenvalue weighted by Gasteiger charge is -2.18. The van der Waals surface area contributed by atoms with Gasteiger partial charge in [-0.15, -0.1) is 0 Å². The fraction of sp³-hybridized carbons (Fsp3) is 0.353. The summed E-state index contributed by atoms with van der Waals surface area (Å²) in [6.45, 7) is 0. The maximum absolute atomic E-state index is 9.36. The number of aromatic nitrogens is 2. The van der Waals surface area contributed by atoms with Gasteiger partial charge in [0.05, 0.1) is 23.9 Å². The fourth-order valence-electron chi connectivity index (χ4n) is 2.96. The molecule has 130 valence electrons. The van der Waals surface area contributed by atoms with Crippen molar-refractivity contribution in [3.05, 3.63) is 22.7 Å². The van der Waals surface area contributed by atoms with Gasteiger partial charge in [0, 0.05) is 11.6 Å². The number of anilines is 2. The molecule has 8 heteroatoms. The van der Waals surface area contributed by atoms with Crippen LogP contribution in [0.2, 0.25) is 5.02 Å². The SMILES string of the molecule is COc1cc(-c2nc(N)nc(N)c2C#N)c(Cl)cc1OC1CCCC1. The highest BCUT2D eigenvalue weighted by atomic mass is 35.5. The maximum atomic E-state index is 9.36. The molecule has 25 heavy (non-hydrogen) atoms. The Labute approximate surface area is 150 Å². The molecular weight excluding hydrogens is 342 g/mol. The highest BCUT2D eigenvalue weighted by molar-refractivity contribution is 6.33. The molecule has 3 rings (SSSR count). The largest absolute Gasteiger partial charge is 0.493 e. The van der Waals surface area contributed by atoms with Crippen LogP contribution in [0.15, 0.2) is 12.1 Å². The summed E-state index contributed by atoms with van der Waals surface area (Å²) in [6, 6.07) is 5.34. The van der Waals surface area contributed by atoms with E-state index >= 15 is 0 Å². The van der Waals surface area contributed by atoms with Gasteiger partial charge in [-0.3, -0.25) is 0 Å². The van der Waals surface area contributed by atoms with Gasteiger partial charge in [0.1, 0.15) is 17.5 Å². The van der Waals surface area contributed by atoms with E-state index in [-0.39, 0.29) is 29.1 Å². The number of methoxy groups -OCH3 is 1. The van der Waals surface area contributed by atoms with Crippen LogP contribution in [0.1, 0.15) is 31.2 Å².